The molecule has 0 aliphatic carbocycles. The Morgan fingerprint density at radius 1 is 0.824 bits per heavy atom. The molecular weight excluding hydrogens is 514 g/mol. The van der Waals surface area contributed by atoms with Crippen LogP contribution in [0.15, 0.2) is 35.7 Å². The van der Waals surface area contributed by atoms with Gasteiger partial charge in [-0.15, -0.1) is 0 Å². The molecule has 0 amide bonds. The second-order valence-corrected chi connectivity index (χ2v) is 7.40. The standard InChI is InChI=1S/C19H12F10O4S/c1-2-9-3-5-10(6-4-9)32-7-17(24,25)19(28,29)18(26,27)8-33-15-11(20)13(22)16(34(30)31)14(23)12(15)21/h2-6H,1,7-8H2,(H,30,31). The summed E-state index contributed by atoms with van der Waals surface area (Å²) in [6.45, 7) is -1.71. The second kappa shape index (κ2) is 9.82. The number of ether oxygens (including phenoxy) is 2. The third-order valence-corrected chi connectivity index (χ3v) is 4.92. The van der Waals surface area contributed by atoms with E-state index in [1.807, 2.05) is 0 Å². The molecule has 2 rings (SSSR count). The minimum Gasteiger partial charge on any atom is -0.487 e. The summed E-state index contributed by atoms with van der Waals surface area (Å²) in [5.74, 6) is -30.7. The molecule has 1 atom stereocenters. The zero-order valence-electron chi connectivity index (χ0n) is 16.4. The van der Waals surface area contributed by atoms with E-state index in [0.717, 1.165) is 12.1 Å². The summed E-state index contributed by atoms with van der Waals surface area (Å²) < 4.78 is 166. The molecule has 0 aromatic heterocycles. The molecule has 0 aliphatic rings. The van der Waals surface area contributed by atoms with Crippen LogP contribution in [0.25, 0.3) is 6.08 Å². The van der Waals surface area contributed by atoms with E-state index in [4.69, 9.17) is 4.55 Å². The van der Waals surface area contributed by atoms with Crippen LogP contribution in [0, 0.1) is 23.3 Å². The Labute approximate surface area is 187 Å². The van der Waals surface area contributed by atoms with Crippen molar-refractivity contribution in [3.8, 4) is 11.5 Å². The van der Waals surface area contributed by atoms with Gasteiger partial charge in [0.25, 0.3) is 0 Å². The van der Waals surface area contributed by atoms with Gasteiger partial charge in [0.1, 0.15) is 10.6 Å². The fourth-order valence-electron chi connectivity index (χ4n) is 2.36. The van der Waals surface area contributed by atoms with Gasteiger partial charge in [0.15, 0.2) is 41.7 Å². The van der Waals surface area contributed by atoms with E-state index in [-0.39, 0.29) is 0 Å². The molecule has 0 heterocycles. The van der Waals surface area contributed by atoms with E-state index in [0.29, 0.717) is 5.56 Å². The third kappa shape index (κ3) is 5.14. The number of halogens is 10. The molecule has 188 valence electrons. The lowest BCUT2D eigenvalue weighted by Gasteiger charge is -2.32. The van der Waals surface area contributed by atoms with Crippen LogP contribution in [0.1, 0.15) is 5.56 Å². The van der Waals surface area contributed by atoms with Crippen molar-refractivity contribution < 1.29 is 62.1 Å². The summed E-state index contributed by atoms with van der Waals surface area (Å²) in [7, 11) is 0. The molecule has 0 bridgehead atoms. The lowest BCUT2D eigenvalue weighted by Crippen LogP contribution is -2.58. The van der Waals surface area contributed by atoms with Crippen molar-refractivity contribution in [2.45, 2.75) is 22.7 Å². The van der Waals surface area contributed by atoms with Crippen LogP contribution in [0.4, 0.5) is 43.9 Å². The lowest BCUT2D eigenvalue weighted by atomic mass is 10.1. The number of hydrogen-bond donors (Lipinski definition) is 1. The average Bonchev–Trinajstić information content (AvgIpc) is 2.76. The zero-order chi connectivity index (χ0) is 26.1. The molecular formula is C19H12F10O4S. The maximum absolute atomic E-state index is 14.0. The van der Waals surface area contributed by atoms with Crippen molar-refractivity contribution in [2.75, 3.05) is 13.2 Å². The van der Waals surface area contributed by atoms with Crippen LogP contribution in [-0.2, 0) is 11.1 Å². The maximum atomic E-state index is 14.0. The molecule has 0 saturated heterocycles. The van der Waals surface area contributed by atoms with Crippen LogP contribution in [0.2, 0.25) is 0 Å². The Morgan fingerprint density at radius 2 is 1.26 bits per heavy atom. The van der Waals surface area contributed by atoms with Crippen molar-refractivity contribution >= 4 is 17.2 Å². The van der Waals surface area contributed by atoms with E-state index in [2.05, 4.69) is 16.1 Å². The molecule has 0 aliphatic heterocycles. The molecule has 0 spiro atoms. The van der Waals surface area contributed by atoms with E-state index < -0.39 is 81.7 Å². The molecule has 0 radical (unpaired) electrons. The fraction of sp³-hybridized carbons (Fsp3) is 0.263. The van der Waals surface area contributed by atoms with E-state index >= 15 is 0 Å². The summed E-state index contributed by atoms with van der Waals surface area (Å²) in [6, 6.07) is 4.70. The number of alkyl halides is 6. The van der Waals surface area contributed by atoms with Gasteiger partial charge < -0.3 is 14.0 Å². The highest BCUT2D eigenvalue weighted by molar-refractivity contribution is 7.79. The topological polar surface area (TPSA) is 55.8 Å². The maximum Gasteiger partial charge on any atom is 0.378 e. The first kappa shape index (κ1) is 27.4. The molecule has 34 heavy (non-hydrogen) atoms. The Morgan fingerprint density at radius 3 is 1.68 bits per heavy atom. The van der Waals surface area contributed by atoms with Crippen LogP contribution < -0.4 is 9.47 Å². The van der Waals surface area contributed by atoms with Crippen LogP contribution in [0.5, 0.6) is 11.5 Å². The summed E-state index contributed by atoms with van der Waals surface area (Å²) in [5, 5.41) is 0. The van der Waals surface area contributed by atoms with Gasteiger partial charge >= 0.3 is 17.8 Å². The van der Waals surface area contributed by atoms with E-state index in [1.165, 1.54) is 18.2 Å². The van der Waals surface area contributed by atoms with Crippen molar-refractivity contribution in [3.63, 3.8) is 0 Å². The smallest absolute Gasteiger partial charge is 0.378 e. The van der Waals surface area contributed by atoms with Gasteiger partial charge in [-0.1, -0.05) is 24.8 Å². The monoisotopic (exact) mass is 526 g/mol. The lowest BCUT2D eigenvalue weighted by molar-refractivity contribution is -0.320. The quantitative estimate of drug-likeness (QED) is 0.241. The van der Waals surface area contributed by atoms with E-state index in [1.54, 1.807) is 0 Å². The SMILES string of the molecule is C=Cc1ccc(OCC(F)(F)C(F)(F)C(F)(F)COc2c(F)c(F)c(S(=O)O)c(F)c2F)cc1. The molecule has 1 unspecified atom stereocenters. The van der Waals surface area contributed by atoms with Crippen molar-refractivity contribution in [1.29, 1.82) is 0 Å². The molecule has 0 fully saturated rings. The van der Waals surface area contributed by atoms with Crippen molar-refractivity contribution in [1.82, 2.24) is 0 Å². The number of benzene rings is 2. The van der Waals surface area contributed by atoms with Gasteiger partial charge in [0.2, 0.25) is 11.6 Å². The fourth-order valence-corrected chi connectivity index (χ4v) is 2.84. The molecule has 2 aromatic carbocycles. The number of rotatable bonds is 10. The molecule has 0 saturated carbocycles. The largest absolute Gasteiger partial charge is 0.487 e. The first-order chi connectivity index (χ1) is 15.6. The summed E-state index contributed by atoms with van der Waals surface area (Å²) in [5.41, 5.74) is 0.499. The van der Waals surface area contributed by atoms with Gasteiger partial charge in [0, 0.05) is 0 Å². The molecule has 4 nitrogen and oxygen atoms in total. The minimum absolute atomic E-state index is 0.392. The van der Waals surface area contributed by atoms with Crippen LogP contribution in [0.3, 0.4) is 0 Å². The Hall–Kier alpha value is -2.81. The minimum atomic E-state index is -6.24. The van der Waals surface area contributed by atoms with Gasteiger partial charge in [-0.05, 0) is 17.7 Å². The Kier molecular flexibility index (Phi) is 7.92. The highest BCUT2D eigenvalue weighted by Crippen LogP contribution is 2.46. The van der Waals surface area contributed by atoms with Gasteiger partial charge in [-0.3, -0.25) is 0 Å². The predicted octanol–water partition coefficient (Wildman–Crippen LogP) is 5.83. The third-order valence-electron chi connectivity index (χ3n) is 4.21. The molecule has 1 N–H and O–H groups in total. The second-order valence-electron chi connectivity index (χ2n) is 6.50. The van der Waals surface area contributed by atoms with Crippen molar-refractivity contribution in [3.05, 3.63) is 59.7 Å². The van der Waals surface area contributed by atoms with Crippen molar-refractivity contribution in [2.24, 2.45) is 0 Å². The Balaban J connectivity index is 2.23. The summed E-state index contributed by atoms with van der Waals surface area (Å²) in [4.78, 5) is -2.05. The highest BCUT2D eigenvalue weighted by Gasteiger charge is 2.72. The zero-order valence-corrected chi connectivity index (χ0v) is 17.2. The summed E-state index contributed by atoms with van der Waals surface area (Å²) >= 11 is -3.62. The normalized spacial score (nSPS) is 13.5. The first-order valence-electron chi connectivity index (χ1n) is 8.65. The average molecular weight is 526 g/mol. The molecule has 15 heteroatoms. The number of hydrogen-bond acceptors (Lipinski definition) is 3. The summed E-state index contributed by atoms with van der Waals surface area (Å²) in [6.07, 6.45) is 1.35. The predicted molar refractivity (Wildman–Crippen MR) is 97.7 cm³/mol. The Bertz CT molecular complexity index is 1060. The van der Waals surface area contributed by atoms with Gasteiger partial charge in [-0.2, -0.15) is 35.1 Å². The van der Waals surface area contributed by atoms with Gasteiger partial charge in [0.05, 0.1) is 0 Å². The van der Waals surface area contributed by atoms with Crippen LogP contribution in [-0.4, -0.2) is 39.7 Å². The van der Waals surface area contributed by atoms with Crippen LogP contribution >= 0.6 is 0 Å². The molecule has 2 aromatic rings. The van der Waals surface area contributed by atoms with Gasteiger partial charge in [-0.25, -0.2) is 13.0 Å². The highest BCUT2D eigenvalue weighted by atomic mass is 32.2. The first-order valence-corrected chi connectivity index (χ1v) is 9.76. The van der Waals surface area contributed by atoms with E-state index in [9.17, 15) is 48.1 Å².